The molecule has 0 atom stereocenters. The van der Waals surface area contributed by atoms with Gasteiger partial charge in [0.05, 0.1) is 6.61 Å². The molecule has 0 unspecified atom stereocenters. The SMILES string of the molecule is CCCCCCCCOCC1(CBr)CCOCC1. The summed E-state index contributed by atoms with van der Waals surface area (Å²) in [6.45, 7) is 5.88. The molecular weight excluding hydrogens is 292 g/mol. The molecule has 0 spiro atoms. The highest BCUT2D eigenvalue weighted by molar-refractivity contribution is 9.09. The van der Waals surface area contributed by atoms with Gasteiger partial charge in [0, 0.05) is 30.6 Å². The van der Waals surface area contributed by atoms with Crippen LogP contribution in [0.25, 0.3) is 0 Å². The first-order chi connectivity index (χ1) is 8.83. The lowest BCUT2D eigenvalue weighted by atomic mass is 9.83. The van der Waals surface area contributed by atoms with Crippen LogP contribution in [0, 0.1) is 5.41 Å². The van der Waals surface area contributed by atoms with E-state index in [1.54, 1.807) is 0 Å². The third-order valence-corrected chi connectivity index (χ3v) is 5.08. The van der Waals surface area contributed by atoms with Gasteiger partial charge in [0.2, 0.25) is 0 Å². The summed E-state index contributed by atoms with van der Waals surface area (Å²) in [5.74, 6) is 0. The van der Waals surface area contributed by atoms with E-state index < -0.39 is 0 Å². The van der Waals surface area contributed by atoms with E-state index in [9.17, 15) is 0 Å². The summed E-state index contributed by atoms with van der Waals surface area (Å²) in [5.41, 5.74) is 0.334. The van der Waals surface area contributed by atoms with E-state index in [1.807, 2.05) is 0 Å². The molecule has 1 fully saturated rings. The van der Waals surface area contributed by atoms with E-state index >= 15 is 0 Å². The molecule has 1 rings (SSSR count). The van der Waals surface area contributed by atoms with Gasteiger partial charge < -0.3 is 9.47 Å². The Labute approximate surface area is 121 Å². The van der Waals surface area contributed by atoms with Crippen molar-refractivity contribution >= 4 is 15.9 Å². The third-order valence-electron chi connectivity index (χ3n) is 3.89. The Hall–Kier alpha value is 0.400. The van der Waals surface area contributed by atoms with Crippen LogP contribution in [0.4, 0.5) is 0 Å². The molecule has 1 heterocycles. The topological polar surface area (TPSA) is 18.5 Å². The van der Waals surface area contributed by atoms with Crippen LogP contribution in [0.5, 0.6) is 0 Å². The summed E-state index contributed by atoms with van der Waals surface area (Å²) >= 11 is 3.64. The second-order valence-electron chi connectivity index (χ2n) is 5.57. The molecule has 2 nitrogen and oxygen atoms in total. The van der Waals surface area contributed by atoms with E-state index in [0.717, 1.165) is 44.6 Å². The van der Waals surface area contributed by atoms with Gasteiger partial charge in [-0.05, 0) is 19.3 Å². The fraction of sp³-hybridized carbons (Fsp3) is 1.00. The van der Waals surface area contributed by atoms with Crippen LogP contribution in [0.1, 0.15) is 58.3 Å². The lowest BCUT2D eigenvalue weighted by Gasteiger charge is -2.35. The van der Waals surface area contributed by atoms with Gasteiger partial charge >= 0.3 is 0 Å². The van der Waals surface area contributed by atoms with Crippen molar-refractivity contribution < 1.29 is 9.47 Å². The molecule has 0 amide bonds. The van der Waals surface area contributed by atoms with Gasteiger partial charge in [-0.1, -0.05) is 55.0 Å². The summed E-state index contributed by atoms with van der Waals surface area (Å²) < 4.78 is 11.3. The van der Waals surface area contributed by atoms with E-state index in [-0.39, 0.29) is 0 Å². The number of hydrogen-bond acceptors (Lipinski definition) is 2. The number of halogens is 1. The molecule has 0 bridgehead atoms. The van der Waals surface area contributed by atoms with Crippen LogP contribution in [-0.2, 0) is 9.47 Å². The Morgan fingerprint density at radius 2 is 1.72 bits per heavy atom. The molecule has 0 aromatic rings. The zero-order chi connectivity index (χ0) is 13.1. The van der Waals surface area contributed by atoms with Crippen LogP contribution in [0.15, 0.2) is 0 Å². The fourth-order valence-electron chi connectivity index (χ4n) is 2.39. The molecule has 0 aliphatic carbocycles. The van der Waals surface area contributed by atoms with E-state index in [4.69, 9.17) is 9.47 Å². The third kappa shape index (κ3) is 6.53. The van der Waals surface area contributed by atoms with Crippen LogP contribution in [0.3, 0.4) is 0 Å². The summed E-state index contributed by atoms with van der Waals surface area (Å²) in [6.07, 6.45) is 10.3. The summed E-state index contributed by atoms with van der Waals surface area (Å²) in [4.78, 5) is 0. The highest BCUT2D eigenvalue weighted by atomic mass is 79.9. The van der Waals surface area contributed by atoms with E-state index in [1.165, 1.54) is 38.5 Å². The normalized spacial score (nSPS) is 19.0. The van der Waals surface area contributed by atoms with Crippen molar-refractivity contribution in [2.45, 2.75) is 58.3 Å². The van der Waals surface area contributed by atoms with Gasteiger partial charge in [-0.2, -0.15) is 0 Å². The Morgan fingerprint density at radius 3 is 2.39 bits per heavy atom. The minimum Gasteiger partial charge on any atom is -0.381 e. The maximum absolute atomic E-state index is 5.89. The van der Waals surface area contributed by atoms with E-state index in [2.05, 4.69) is 22.9 Å². The first kappa shape index (κ1) is 16.5. The van der Waals surface area contributed by atoms with Gasteiger partial charge in [-0.15, -0.1) is 0 Å². The van der Waals surface area contributed by atoms with Crippen LogP contribution < -0.4 is 0 Å². The lowest BCUT2D eigenvalue weighted by Crippen LogP contribution is -2.35. The monoisotopic (exact) mass is 320 g/mol. The minimum atomic E-state index is 0.334. The van der Waals surface area contributed by atoms with Gasteiger partial charge in [0.1, 0.15) is 0 Å². The highest BCUT2D eigenvalue weighted by Crippen LogP contribution is 2.32. The Kier molecular flexibility index (Phi) is 9.34. The van der Waals surface area contributed by atoms with Crippen molar-refractivity contribution in [3.05, 3.63) is 0 Å². The molecule has 18 heavy (non-hydrogen) atoms. The van der Waals surface area contributed by atoms with Crippen molar-refractivity contribution in [1.82, 2.24) is 0 Å². The number of rotatable bonds is 10. The van der Waals surface area contributed by atoms with Gasteiger partial charge in [0.25, 0.3) is 0 Å². The smallest absolute Gasteiger partial charge is 0.0532 e. The fourth-order valence-corrected chi connectivity index (χ4v) is 3.12. The standard InChI is InChI=1S/C15H29BrO2/c1-2-3-4-5-6-7-10-18-14-15(13-16)8-11-17-12-9-15/h2-14H2,1H3. The first-order valence-corrected chi connectivity index (χ1v) is 8.66. The first-order valence-electron chi connectivity index (χ1n) is 7.54. The van der Waals surface area contributed by atoms with Gasteiger partial charge in [-0.25, -0.2) is 0 Å². The highest BCUT2D eigenvalue weighted by Gasteiger charge is 2.31. The zero-order valence-electron chi connectivity index (χ0n) is 11.9. The Bertz CT molecular complexity index is 191. The molecule has 1 aliphatic heterocycles. The number of ether oxygens (including phenoxy) is 2. The number of hydrogen-bond donors (Lipinski definition) is 0. The van der Waals surface area contributed by atoms with Gasteiger partial charge in [0.15, 0.2) is 0 Å². The second-order valence-corrected chi connectivity index (χ2v) is 6.13. The van der Waals surface area contributed by atoms with Crippen molar-refractivity contribution in [1.29, 1.82) is 0 Å². The maximum Gasteiger partial charge on any atom is 0.0532 e. The maximum atomic E-state index is 5.89. The van der Waals surface area contributed by atoms with Crippen molar-refractivity contribution in [2.24, 2.45) is 5.41 Å². The molecule has 0 saturated carbocycles. The second kappa shape index (κ2) is 10.2. The van der Waals surface area contributed by atoms with Gasteiger partial charge in [-0.3, -0.25) is 0 Å². The summed E-state index contributed by atoms with van der Waals surface area (Å²) in [6, 6.07) is 0. The van der Waals surface area contributed by atoms with Crippen LogP contribution in [-0.4, -0.2) is 31.8 Å². The lowest BCUT2D eigenvalue weighted by molar-refractivity contribution is -0.0272. The predicted molar refractivity (Wildman–Crippen MR) is 80.5 cm³/mol. The van der Waals surface area contributed by atoms with Crippen LogP contribution >= 0.6 is 15.9 Å². The molecule has 1 aliphatic rings. The Morgan fingerprint density at radius 1 is 1.06 bits per heavy atom. The van der Waals surface area contributed by atoms with E-state index in [0.29, 0.717) is 5.41 Å². The quantitative estimate of drug-likeness (QED) is 0.434. The summed E-state index contributed by atoms with van der Waals surface area (Å²) in [5, 5.41) is 1.04. The number of unbranched alkanes of at least 4 members (excludes halogenated alkanes) is 5. The molecule has 0 N–H and O–H groups in total. The molecular formula is C15H29BrO2. The number of alkyl halides is 1. The van der Waals surface area contributed by atoms with Crippen molar-refractivity contribution in [2.75, 3.05) is 31.8 Å². The molecule has 1 saturated heterocycles. The molecule has 0 aromatic heterocycles. The minimum absolute atomic E-state index is 0.334. The van der Waals surface area contributed by atoms with Crippen LogP contribution in [0.2, 0.25) is 0 Å². The average Bonchev–Trinajstić information content (AvgIpc) is 2.43. The molecule has 0 aromatic carbocycles. The average molecular weight is 321 g/mol. The molecule has 0 radical (unpaired) electrons. The summed E-state index contributed by atoms with van der Waals surface area (Å²) in [7, 11) is 0. The molecule has 108 valence electrons. The van der Waals surface area contributed by atoms with Crippen molar-refractivity contribution in [3.63, 3.8) is 0 Å². The predicted octanol–water partition coefficient (Wildman–Crippen LogP) is 4.56. The zero-order valence-corrected chi connectivity index (χ0v) is 13.5. The Balaban J connectivity index is 1.98. The largest absolute Gasteiger partial charge is 0.381 e. The molecule has 3 heteroatoms. The van der Waals surface area contributed by atoms with Crippen molar-refractivity contribution in [3.8, 4) is 0 Å².